The fourth-order valence-electron chi connectivity index (χ4n) is 1.68. The number of aromatic nitrogens is 3. The number of hydrogen-bond donors (Lipinski definition) is 0. The van der Waals surface area contributed by atoms with Gasteiger partial charge in [-0.15, -0.1) is 5.10 Å². The van der Waals surface area contributed by atoms with Gasteiger partial charge in [0.25, 0.3) is 0 Å². The first-order valence-electron chi connectivity index (χ1n) is 5.40. The van der Waals surface area contributed by atoms with Crippen molar-refractivity contribution >= 4 is 23.1 Å². The van der Waals surface area contributed by atoms with Crippen molar-refractivity contribution in [2.75, 3.05) is 11.4 Å². The van der Waals surface area contributed by atoms with Crippen LogP contribution in [0, 0.1) is 6.92 Å². The molecule has 0 fully saturated rings. The maximum Gasteiger partial charge on any atom is 0.244 e. The lowest BCUT2D eigenvalue weighted by Crippen LogP contribution is -2.18. The van der Waals surface area contributed by atoms with Gasteiger partial charge in [-0.1, -0.05) is 12.1 Å². The van der Waals surface area contributed by atoms with E-state index in [0.29, 0.717) is 5.82 Å². The zero-order valence-corrected chi connectivity index (χ0v) is 10.5. The van der Waals surface area contributed by atoms with E-state index in [0.717, 1.165) is 12.2 Å². The van der Waals surface area contributed by atoms with E-state index in [9.17, 15) is 0 Å². The standard InChI is InChI=1S/C12H13ClN4/c1-3-17(10-6-4-5-9(2)7-10)11-8-14-16-12(13)15-11/h4-8H,3H2,1-2H3. The maximum absolute atomic E-state index is 5.75. The quantitative estimate of drug-likeness (QED) is 0.838. The highest BCUT2D eigenvalue weighted by Gasteiger charge is 2.09. The summed E-state index contributed by atoms with van der Waals surface area (Å²) >= 11 is 5.75. The summed E-state index contributed by atoms with van der Waals surface area (Å²) < 4.78 is 0. The second-order valence-corrected chi connectivity index (χ2v) is 4.00. The minimum atomic E-state index is 0.161. The highest BCUT2D eigenvalue weighted by molar-refractivity contribution is 6.28. The molecule has 5 heteroatoms. The van der Waals surface area contributed by atoms with Crippen LogP contribution >= 0.6 is 11.6 Å². The van der Waals surface area contributed by atoms with Gasteiger partial charge in [0.2, 0.25) is 5.28 Å². The molecule has 0 saturated carbocycles. The fraction of sp³-hybridized carbons (Fsp3) is 0.250. The van der Waals surface area contributed by atoms with Gasteiger partial charge in [-0.05, 0) is 43.1 Å². The van der Waals surface area contributed by atoms with Crippen molar-refractivity contribution in [1.29, 1.82) is 0 Å². The number of nitrogens with zero attached hydrogens (tertiary/aromatic N) is 4. The van der Waals surface area contributed by atoms with Crippen LogP contribution in [-0.4, -0.2) is 21.7 Å². The number of rotatable bonds is 3. The van der Waals surface area contributed by atoms with Gasteiger partial charge < -0.3 is 4.90 Å². The molecule has 0 radical (unpaired) electrons. The first-order chi connectivity index (χ1) is 8.20. The number of halogens is 1. The van der Waals surface area contributed by atoms with Crippen molar-refractivity contribution in [3.8, 4) is 0 Å². The van der Waals surface area contributed by atoms with E-state index in [1.807, 2.05) is 17.0 Å². The Hall–Kier alpha value is -1.68. The zero-order valence-electron chi connectivity index (χ0n) is 9.76. The predicted octanol–water partition coefficient (Wildman–Crippen LogP) is 2.99. The van der Waals surface area contributed by atoms with Gasteiger partial charge in [-0.2, -0.15) is 10.1 Å². The molecule has 4 nitrogen and oxygen atoms in total. The van der Waals surface area contributed by atoms with E-state index < -0.39 is 0 Å². The minimum Gasteiger partial charge on any atom is -0.325 e. The zero-order chi connectivity index (χ0) is 12.3. The van der Waals surface area contributed by atoms with Gasteiger partial charge in [0.15, 0.2) is 5.82 Å². The van der Waals surface area contributed by atoms with Crippen LogP contribution in [0.5, 0.6) is 0 Å². The number of benzene rings is 1. The first-order valence-corrected chi connectivity index (χ1v) is 5.78. The van der Waals surface area contributed by atoms with Gasteiger partial charge in [0.05, 0.1) is 6.20 Å². The maximum atomic E-state index is 5.75. The second kappa shape index (κ2) is 5.10. The first kappa shape index (κ1) is 11.8. The highest BCUT2D eigenvalue weighted by atomic mass is 35.5. The van der Waals surface area contributed by atoms with Crippen molar-refractivity contribution in [2.24, 2.45) is 0 Å². The molecular formula is C12H13ClN4. The lowest BCUT2D eigenvalue weighted by atomic mass is 10.2. The van der Waals surface area contributed by atoms with Crippen LogP contribution in [0.25, 0.3) is 0 Å². The molecule has 2 aromatic rings. The van der Waals surface area contributed by atoms with E-state index in [1.165, 1.54) is 5.56 Å². The average Bonchev–Trinajstić information content (AvgIpc) is 2.30. The van der Waals surface area contributed by atoms with Crippen LogP contribution in [0.4, 0.5) is 11.5 Å². The minimum absolute atomic E-state index is 0.161. The lowest BCUT2D eigenvalue weighted by molar-refractivity contribution is 0.915. The van der Waals surface area contributed by atoms with E-state index >= 15 is 0 Å². The summed E-state index contributed by atoms with van der Waals surface area (Å²) in [6.45, 7) is 4.90. The van der Waals surface area contributed by atoms with Gasteiger partial charge in [0.1, 0.15) is 0 Å². The van der Waals surface area contributed by atoms with Crippen molar-refractivity contribution < 1.29 is 0 Å². The van der Waals surface area contributed by atoms with Crippen molar-refractivity contribution in [3.05, 3.63) is 41.3 Å². The Bertz CT molecular complexity index is 470. The van der Waals surface area contributed by atoms with Crippen LogP contribution in [-0.2, 0) is 0 Å². The van der Waals surface area contributed by atoms with Crippen molar-refractivity contribution in [2.45, 2.75) is 13.8 Å². The summed E-state index contributed by atoms with van der Waals surface area (Å²) in [7, 11) is 0. The monoisotopic (exact) mass is 248 g/mol. The lowest BCUT2D eigenvalue weighted by Gasteiger charge is -2.21. The number of aryl methyl sites for hydroxylation is 1. The third kappa shape index (κ3) is 2.71. The van der Waals surface area contributed by atoms with Crippen LogP contribution in [0.3, 0.4) is 0 Å². The summed E-state index contributed by atoms with van der Waals surface area (Å²) in [4.78, 5) is 6.20. The van der Waals surface area contributed by atoms with Crippen LogP contribution < -0.4 is 4.90 Å². The molecule has 17 heavy (non-hydrogen) atoms. The Morgan fingerprint density at radius 2 is 2.18 bits per heavy atom. The summed E-state index contributed by atoms with van der Waals surface area (Å²) in [6, 6.07) is 8.21. The third-order valence-electron chi connectivity index (χ3n) is 2.43. The Balaban J connectivity index is 2.40. The Morgan fingerprint density at radius 3 is 2.82 bits per heavy atom. The number of anilines is 2. The molecule has 1 heterocycles. The molecule has 0 aliphatic carbocycles. The average molecular weight is 249 g/mol. The van der Waals surface area contributed by atoms with Crippen LogP contribution in [0.2, 0.25) is 5.28 Å². The molecule has 0 atom stereocenters. The largest absolute Gasteiger partial charge is 0.325 e. The van der Waals surface area contributed by atoms with E-state index in [2.05, 4.69) is 41.2 Å². The molecule has 2 rings (SSSR count). The molecule has 88 valence electrons. The van der Waals surface area contributed by atoms with Crippen LogP contribution in [0.1, 0.15) is 12.5 Å². The van der Waals surface area contributed by atoms with Gasteiger partial charge in [-0.3, -0.25) is 0 Å². The normalized spacial score (nSPS) is 10.3. The molecule has 0 amide bonds. The van der Waals surface area contributed by atoms with Crippen molar-refractivity contribution in [1.82, 2.24) is 15.2 Å². The predicted molar refractivity (Wildman–Crippen MR) is 68.7 cm³/mol. The molecule has 0 spiro atoms. The smallest absolute Gasteiger partial charge is 0.244 e. The molecule has 1 aromatic heterocycles. The molecular weight excluding hydrogens is 236 g/mol. The fourth-order valence-corrected chi connectivity index (χ4v) is 1.81. The SMILES string of the molecule is CCN(c1cccc(C)c1)c1cnnc(Cl)n1. The van der Waals surface area contributed by atoms with Gasteiger partial charge >= 0.3 is 0 Å². The molecule has 0 N–H and O–H groups in total. The van der Waals surface area contributed by atoms with Crippen molar-refractivity contribution in [3.63, 3.8) is 0 Å². The van der Waals surface area contributed by atoms with Crippen LogP contribution in [0.15, 0.2) is 30.5 Å². The van der Waals surface area contributed by atoms with E-state index in [4.69, 9.17) is 11.6 Å². The van der Waals surface area contributed by atoms with Gasteiger partial charge in [-0.25, -0.2) is 0 Å². The highest BCUT2D eigenvalue weighted by Crippen LogP contribution is 2.23. The molecule has 0 saturated heterocycles. The Kier molecular flexibility index (Phi) is 3.54. The van der Waals surface area contributed by atoms with E-state index in [-0.39, 0.29) is 5.28 Å². The topological polar surface area (TPSA) is 41.9 Å². The van der Waals surface area contributed by atoms with E-state index in [1.54, 1.807) is 6.20 Å². The summed E-state index contributed by atoms with van der Waals surface area (Å²) in [5, 5.41) is 7.62. The summed E-state index contributed by atoms with van der Waals surface area (Å²) in [6.07, 6.45) is 1.61. The molecule has 1 aromatic carbocycles. The Morgan fingerprint density at radius 1 is 1.35 bits per heavy atom. The molecule has 0 bridgehead atoms. The Labute approximate surface area is 105 Å². The van der Waals surface area contributed by atoms with Gasteiger partial charge in [0, 0.05) is 12.2 Å². The molecule has 0 unspecified atom stereocenters. The molecule has 0 aliphatic heterocycles. The third-order valence-corrected chi connectivity index (χ3v) is 2.59. The number of hydrogen-bond acceptors (Lipinski definition) is 4. The summed E-state index contributed by atoms with van der Waals surface area (Å²) in [5.74, 6) is 0.707. The molecule has 0 aliphatic rings. The second-order valence-electron chi connectivity index (χ2n) is 3.67. The summed E-state index contributed by atoms with van der Waals surface area (Å²) in [5.41, 5.74) is 2.28.